The summed E-state index contributed by atoms with van der Waals surface area (Å²) in [5.74, 6) is 0.835. The third-order valence-corrected chi connectivity index (χ3v) is 7.66. The quantitative estimate of drug-likeness (QED) is 0.428. The molecule has 4 rings (SSSR count). The van der Waals surface area contributed by atoms with E-state index in [1.807, 2.05) is 24.3 Å². The Kier molecular flexibility index (Phi) is 8.12. The molecule has 1 heterocycles. The Labute approximate surface area is 212 Å². The van der Waals surface area contributed by atoms with E-state index in [0.717, 1.165) is 37.2 Å². The van der Waals surface area contributed by atoms with Crippen molar-refractivity contribution in [2.75, 3.05) is 38.6 Å². The van der Waals surface area contributed by atoms with Crippen LogP contribution in [0.3, 0.4) is 0 Å². The number of hydrogen-bond acceptors (Lipinski definition) is 6. The minimum absolute atomic E-state index is 0.0122. The molecule has 1 fully saturated rings. The Hall–Kier alpha value is -3.56. The van der Waals surface area contributed by atoms with E-state index >= 15 is 0 Å². The van der Waals surface area contributed by atoms with Gasteiger partial charge in [-0.25, -0.2) is 8.42 Å². The summed E-state index contributed by atoms with van der Waals surface area (Å²) in [7, 11) is -0.820. The average Bonchev–Trinajstić information content (AvgIpc) is 3.44. The van der Waals surface area contributed by atoms with Gasteiger partial charge in [-0.05, 0) is 62.3 Å². The summed E-state index contributed by atoms with van der Waals surface area (Å²) in [5.41, 5.74) is 1.60. The second-order valence-electron chi connectivity index (χ2n) is 8.54. The van der Waals surface area contributed by atoms with Crippen molar-refractivity contribution in [1.82, 2.24) is 10.2 Å². The van der Waals surface area contributed by atoms with Crippen molar-refractivity contribution in [2.45, 2.75) is 23.8 Å². The van der Waals surface area contributed by atoms with Crippen molar-refractivity contribution >= 4 is 21.6 Å². The number of rotatable bonds is 10. The maximum absolute atomic E-state index is 13.1. The van der Waals surface area contributed by atoms with E-state index in [9.17, 15) is 13.2 Å². The number of nitrogens with one attached hydrogen (secondary N) is 2. The predicted octanol–water partition coefficient (Wildman–Crippen LogP) is 4.07. The number of ether oxygens (including phenoxy) is 2. The zero-order valence-corrected chi connectivity index (χ0v) is 21.3. The first-order chi connectivity index (χ1) is 17.4. The molecule has 0 radical (unpaired) electrons. The predicted molar refractivity (Wildman–Crippen MR) is 139 cm³/mol. The Morgan fingerprint density at radius 3 is 2.31 bits per heavy atom. The van der Waals surface area contributed by atoms with Crippen LogP contribution in [0.25, 0.3) is 0 Å². The number of anilines is 1. The lowest BCUT2D eigenvalue weighted by Crippen LogP contribution is -2.37. The van der Waals surface area contributed by atoms with Crippen LogP contribution in [0.2, 0.25) is 0 Å². The van der Waals surface area contributed by atoms with Gasteiger partial charge in [0.1, 0.15) is 11.5 Å². The standard InChI is InChI=1S/C27H31N3O5S/c1-34-25-14-5-3-12-22(25)24(30-16-7-8-17-30)19-28-27(31)20-10-9-11-21(18-20)36(32,33)29-23-13-4-6-15-26(23)35-2/h3-6,9-15,18,24,29H,7-8,16-17,19H2,1-2H3,(H,28,31)/t24-/m0/s1. The van der Waals surface area contributed by atoms with Crippen LogP contribution in [-0.2, 0) is 10.0 Å². The van der Waals surface area contributed by atoms with Gasteiger partial charge in [-0.3, -0.25) is 14.4 Å². The van der Waals surface area contributed by atoms with Gasteiger partial charge >= 0.3 is 0 Å². The first kappa shape index (κ1) is 25.5. The lowest BCUT2D eigenvalue weighted by atomic mass is 10.0. The highest BCUT2D eigenvalue weighted by Crippen LogP contribution is 2.31. The van der Waals surface area contributed by atoms with Gasteiger partial charge in [-0.1, -0.05) is 36.4 Å². The highest BCUT2D eigenvalue weighted by Gasteiger charge is 2.26. The fourth-order valence-corrected chi connectivity index (χ4v) is 5.58. The average molecular weight is 510 g/mol. The number of hydrogen-bond donors (Lipinski definition) is 2. The molecule has 0 spiro atoms. The summed E-state index contributed by atoms with van der Waals surface area (Å²) in [6.45, 7) is 2.26. The summed E-state index contributed by atoms with van der Waals surface area (Å²) in [4.78, 5) is 15.4. The van der Waals surface area contributed by atoms with Crippen molar-refractivity contribution < 1.29 is 22.7 Å². The fraction of sp³-hybridized carbons (Fsp3) is 0.296. The number of amides is 1. The zero-order valence-electron chi connectivity index (χ0n) is 20.4. The summed E-state index contributed by atoms with van der Waals surface area (Å²) in [6, 6.07) is 20.5. The molecular formula is C27H31N3O5S. The first-order valence-corrected chi connectivity index (χ1v) is 13.3. The molecule has 0 saturated carbocycles. The number of benzene rings is 3. The van der Waals surface area contributed by atoms with Crippen molar-refractivity contribution in [2.24, 2.45) is 0 Å². The second kappa shape index (κ2) is 11.5. The van der Waals surface area contributed by atoms with Gasteiger partial charge in [-0.15, -0.1) is 0 Å². The molecule has 3 aromatic carbocycles. The molecular weight excluding hydrogens is 478 g/mol. The highest BCUT2D eigenvalue weighted by molar-refractivity contribution is 7.92. The molecule has 3 aromatic rings. The molecule has 0 aliphatic carbocycles. The van der Waals surface area contributed by atoms with Gasteiger partial charge in [0.05, 0.1) is 30.8 Å². The molecule has 190 valence electrons. The lowest BCUT2D eigenvalue weighted by molar-refractivity contribution is 0.0937. The molecule has 0 unspecified atom stereocenters. The van der Waals surface area contributed by atoms with Crippen LogP contribution in [0.1, 0.15) is 34.8 Å². The van der Waals surface area contributed by atoms with Crippen LogP contribution < -0.4 is 19.5 Å². The number of carbonyl (C=O) groups excluding carboxylic acids is 1. The van der Waals surface area contributed by atoms with Crippen LogP contribution in [-0.4, -0.2) is 53.1 Å². The molecule has 8 nitrogen and oxygen atoms in total. The molecule has 9 heteroatoms. The maximum Gasteiger partial charge on any atom is 0.262 e. The number of methoxy groups -OCH3 is 2. The summed E-state index contributed by atoms with van der Waals surface area (Å²) < 4.78 is 39.4. The number of carbonyl (C=O) groups is 1. The summed E-state index contributed by atoms with van der Waals surface area (Å²) in [5, 5.41) is 3.00. The van der Waals surface area contributed by atoms with Gasteiger partial charge in [0, 0.05) is 17.7 Å². The molecule has 0 bridgehead atoms. The number of nitrogens with zero attached hydrogens (tertiary/aromatic N) is 1. The Balaban J connectivity index is 1.51. The van der Waals surface area contributed by atoms with E-state index in [2.05, 4.69) is 14.9 Å². The Bertz CT molecular complexity index is 1310. The normalized spacial score (nSPS) is 14.7. The molecule has 0 aromatic heterocycles. The Morgan fingerprint density at radius 1 is 0.917 bits per heavy atom. The van der Waals surface area contributed by atoms with Crippen LogP contribution in [0, 0.1) is 0 Å². The van der Waals surface area contributed by atoms with Crippen LogP contribution >= 0.6 is 0 Å². The van der Waals surface area contributed by atoms with E-state index in [4.69, 9.17) is 9.47 Å². The zero-order chi connectivity index (χ0) is 25.5. The van der Waals surface area contributed by atoms with Gasteiger partial charge in [0.2, 0.25) is 0 Å². The van der Waals surface area contributed by atoms with Gasteiger partial charge in [0.25, 0.3) is 15.9 Å². The van der Waals surface area contributed by atoms with E-state index in [0.29, 0.717) is 18.0 Å². The number of sulfonamides is 1. The van der Waals surface area contributed by atoms with E-state index in [1.165, 1.54) is 19.2 Å². The molecule has 1 amide bonds. The van der Waals surface area contributed by atoms with Crippen molar-refractivity contribution in [1.29, 1.82) is 0 Å². The third-order valence-electron chi connectivity index (χ3n) is 6.29. The molecule has 36 heavy (non-hydrogen) atoms. The first-order valence-electron chi connectivity index (χ1n) is 11.8. The van der Waals surface area contributed by atoms with E-state index in [1.54, 1.807) is 43.5 Å². The monoisotopic (exact) mass is 509 g/mol. The summed E-state index contributed by atoms with van der Waals surface area (Å²) in [6.07, 6.45) is 2.22. The molecule has 2 N–H and O–H groups in total. The van der Waals surface area contributed by atoms with Gasteiger partial charge in [0.15, 0.2) is 0 Å². The van der Waals surface area contributed by atoms with Gasteiger partial charge in [-0.2, -0.15) is 0 Å². The largest absolute Gasteiger partial charge is 0.496 e. The Morgan fingerprint density at radius 2 is 1.58 bits per heavy atom. The van der Waals surface area contributed by atoms with Crippen molar-refractivity contribution in [3.63, 3.8) is 0 Å². The van der Waals surface area contributed by atoms with Crippen molar-refractivity contribution in [3.8, 4) is 11.5 Å². The smallest absolute Gasteiger partial charge is 0.262 e. The SMILES string of the molecule is COc1ccccc1NS(=O)(=O)c1cccc(C(=O)NC[C@@H](c2ccccc2OC)N2CCCC2)c1. The summed E-state index contributed by atoms with van der Waals surface area (Å²) >= 11 is 0. The number of likely N-dealkylation sites (tertiary alicyclic amines) is 1. The minimum Gasteiger partial charge on any atom is -0.496 e. The third kappa shape index (κ3) is 5.80. The topological polar surface area (TPSA) is 97.0 Å². The molecule has 1 saturated heterocycles. The van der Waals surface area contributed by atoms with Crippen molar-refractivity contribution in [3.05, 3.63) is 83.9 Å². The highest BCUT2D eigenvalue weighted by atomic mass is 32.2. The maximum atomic E-state index is 13.1. The molecule has 1 aliphatic rings. The molecule has 1 atom stereocenters. The number of para-hydroxylation sites is 3. The van der Waals surface area contributed by atoms with E-state index in [-0.39, 0.29) is 22.4 Å². The second-order valence-corrected chi connectivity index (χ2v) is 10.2. The van der Waals surface area contributed by atoms with E-state index < -0.39 is 10.0 Å². The lowest BCUT2D eigenvalue weighted by Gasteiger charge is -2.29. The van der Waals surface area contributed by atoms with Crippen LogP contribution in [0.5, 0.6) is 11.5 Å². The minimum atomic E-state index is -3.93. The van der Waals surface area contributed by atoms with Gasteiger partial charge < -0.3 is 14.8 Å². The fourth-order valence-electron chi connectivity index (χ4n) is 4.46. The van der Waals surface area contributed by atoms with Crippen LogP contribution in [0.15, 0.2) is 77.7 Å². The van der Waals surface area contributed by atoms with Crippen LogP contribution in [0.4, 0.5) is 5.69 Å². The molecule has 1 aliphatic heterocycles.